The quantitative estimate of drug-likeness (QED) is 0.645. The molecule has 2 aromatic rings. The SMILES string of the molecule is Cc1ccc(C(C)C)cc1OCC(=O)OCC(=O)N1CCN(c2ncccn2)CC1. The summed E-state index contributed by atoms with van der Waals surface area (Å²) >= 11 is 0. The zero-order valence-electron chi connectivity index (χ0n) is 17.7. The molecule has 0 atom stereocenters. The van der Waals surface area contributed by atoms with Gasteiger partial charge in [0.1, 0.15) is 5.75 Å². The number of hydrogen-bond donors (Lipinski definition) is 0. The number of aromatic nitrogens is 2. The monoisotopic (exact) mass is 412 g/mol. The Morgan fingerprint density at radius 1 is 1.07 bits per heavy atom. The van der Waals surface area contributed by atoms with Crippen LogP contribution in [0, 0.1) is 6.92 Å². The van der Waals surface area contributed by atoms with E-state index in [-0.39, 0.29) is 19.1 Å². The number of benzene rings is 1. The first-order valence-corrected chi connectivity index (χ1v) is 10.1. The van der Waals surface area contributed by atoms with Crippen molar-refractivity contribution in [1.82, 2.24) is 14.9 Å². The van der Waals surface area contributed by atoms with Crippen LogP contribution in [0.4, 0.5) is 5.95 Å². The Kier molecular flexibility index (Phi) is 7.21. The molecule has 0 saturated carbocycles. The summed E-state index contributed by atoms with van der Waals surface area (Å²) < 4.78 is 10.7. The molecule has 0 aliphatic carbocycles. The Labute approximate surface area is 176 Å². The number of piperazine rings is 1. The molecule has 0 spiro atoms. The Bertz CT molecular complexity index is 865. The molecular formula is C22H28N4O4. The molecule has 8 heteroatoms. The van der Waals surface area contributed by atoms with E-state index in [2.05, 4.69) is 23.8 Å². The summed E-state index contributed by atoms with van der Waals surface area (Å²) in [5.74, 6) is 0.907. The molecule has 1 saturated heterocycles. The molecule has 1 aliphatic heterocycles. The van der Waals surface area contributed by atoms with Crippen molar-refractivity contribution in [2.75, 3.05) is 44.3 Å². The number of amides is 1. The predicted molar refractivity (Wildman–Crippen MR) is 113 cm³/mol. The number of aryl methyl sites for hydroxylation is 1. The van der Waals surface area contributed by atoms with E-state index in [1.807, 2.05) is 30.0 Å². The lowest BCUT2D eigenvalue weighted by Gasteiger charge is -2.34. The minimum atomic E-state index is -0.561. The van der Waals surface area contributed by atoms with Crippen LogP contribution in [0.25, 0.3) is 0 Å². The summed E-state index contributed by atoms with van der Waals surface area (Å²) in [4.78, 5) is 36.5. The van der Waals surface area contributed by atoms with Gasteiger partial charge in [-0.2, -0.15) is 0 Å². The summed E-state index contributed by atoms with van der Waals surface area (Å²) in [5, 5.41) is 0. The molecule has 2 heterocycles. The van der Waals surface area contributed by atoms with Crippen molar-refractivity contribution in [3.8, 4) is 5.75 Å². The normalized spacial score (nSPS) is 14.0. The summed E-state index contributed by atoms with van der Waals surface area (Å²) in [6, 6.07) is 7.73. The van der Waals surface area contributed by atoms with Crippen LogP contribution in [-0.2, 0) is 14.3 Å². The lowest BCUT2D eigenvalue weighted by Crippen LogP contribution is -2.50. The van der Waals surface area contributed by atoms with Crippen molar-refractivity contribution in [3.63, 3.8) is 0 Å². The molecule has 1 fully saturated rings. The second-order valence-corrected chi connectivity index (χ2v) is 7.55. The second-order valence-electron chi connectivity index (χ2n) is 7.55. The highest BCUT2D eigenvalue weighted by Gasteiger charge is 2.23. The topological polar surface area (TPSA) is 84.9 Å². The van der Waals surface area contributed by atoms with Gasteiger partial charge in [0, 0.05) is 38.6 Å². The number of carbonyl (C=O) groups excluding carboxylic acids is 2. The Morgan fingerprint density at radius 3 is 2.43 bits per heavy atom. The number of esters is 1. The standard InChI is InChI=1S/C22H28N4O4/c1-16(2)18-6-5-17(3)19(13-18)29-15-21(28)30-14-20(27)25-9-11-26(12-10-25)22-23-7-4-8-24-22/h4-8,13,16H,9-12,14-15H2,1-3H3. The van der Waals surface area contributed by atoms with E-state index in [4.69, 9.17) is 9.47 Å². The highest BCUT2D eigenvalue weighted by atomic mass is 16.6. The summed E-state index contributed by atoms with van der Waals surface area (Å²) in [5.41, 5.74) is 2.09. The van der Waals surface area contributed by atoms with Crippen LogP contribution in [0.15, 0.2) is 36.7 Å². The molecule has 0 N–H and O–H groups in total. The first-order chi connectivity index (χ1) is 14.4. The van der Waals surface area contributed by atoms with Gasteiger partial charge in [-0.25, -0.2) is 14.8 Å². The van der Waals surface area contributed by atoms with Gasteiger partial charge >= 0.3 is 5.97 Å². The number of carbonyl (C=O) groups is 2. The van der Waals surface area contributed by atoms with Crippen LogP contribution < -0.4 is 9.64 Å². The predicted octanol–water partition coefficient (Wildman–Crippen LogP) is 2.18. The maximum absolute atomic E-state index is 12.4. The lowest BCUT2D eigenvalue weighted by atomic mass is 10.0. The van der Waals surface area contributed by atoms with Crippen molar-refractivity contribution >= 4 is 17.8 Å². The minimum Gasteiger partial charge on any atom is -0.482 e. The maximum atomic E-state index is 12.4. The van der Waals surface area contributed by atoms with Gasteiger partial charge in [-0.3, -0.25) is 4.79 Å². The molecule has 1 aliphatic rings. The molecule has 0 bridgehead atoms. The van der Waals surface area contributed by atoms with Crippen LogP contribution in [0.1, 0.15) is 30.9 Å². The molecule has 1 amide bonds. The molecule has 0 unspecified atom stereocenters. The molecule has 30 heavy (non-hydrogen) atoms. The number of anilines is 1. The van der Waals surface area contributed by atoms with Crippen LogP contribution in [0.5, 0.6) is 5.75 Å². The van der Waals surface area contributed by atoms with Gasteiger partial charge in [-0.15, -0.1) is 0 Å². The number of nitrogens with zero attached hydrogens (tertiary/aromatic N) is 4. The van der Waals surface area contributed by atoms with Crippen LogP contribution in [0.3, 0.4) is 0 Å². The van der Waals surface area contributed by atoms with Gasteiger partial charge in [0.15, 0.2) is 13.2 Å². The fraction of sp³-hybridized carbons (Fsp3) is 0.455. The third-order valence-electron chi connectivity index (χ3n) is 5.05. The number of rotatable bonds is 7. The van der Waals surface area contributed by atoms with Crippen LogP contribution in [-0.4, -0.2) is 66.1 Å². The van der Waals surface area contributed by atoms with Crippen molar-refractivity contribution in [2.24, 2.45) is 0 Å². The second kappa shape index (κ2) is 10.0. The van der Waals surface area contributed by atoms with Crippen molar-refractivity contribution in [3.05, 3.63) is 47.8 Å². The zero-order chi connectivity index (χ0) is 21.5. The molecule has 3 rings (SSSR count). The largest absolute Gasteiger partial charge is 0.482 e. The van der Waals surface area contributed by atoms with Gasteiger partial charge in [-0.1, -0.05) is 26.0 Å². The van der Waals surface area contributed by atoms with Crippen molar-refractivity contribution in [2.45, 2.75) is 26.7 Å². The van der Waals surface area contributed by atoms with E-state index in [1.54, 1.807) is 23.4 Å². The van der Waals surface area contributed by atoms with Gasteiger partial charge < -0.3 is 19.3 Å². The smallest absolute Gasteiger partial charge is 0.344 e. The van der Waals surface area contributed by atoms with Crippen molar-refractivity contribution in [1.29, 1.82) is 0 Å². The first-order valence-electron chi connectivity index (χ1n) is 10.1. The highest BCUT2D eigenvalue weighted by Crippen LogP contribution is 2.24. The first kappa shape index (κ1) is 21.5. The average molecular weight is 412 g/mol. The van der Waals surface area contributed by atoms with Crippen molar-refractivity contribution < 1.29 is 19.1 Å². The Balaban J connectivity index is 1.41. The molecular weight excluding hydrogens is 384 g/mol. The van der Waals surface area contributed by atoms with E-state index in [1.165, 1.54) is 0 Å². The molecule has 1 aromatic carbocycles. The van der Waals surface area contributed by atoms with E-state index < -0.39 is 5.97 Å². The number of hydrogen-bond acceptors (Lipinski definition) is 7. The Morgan fingerprint density at radius 2 is 1.77 bits per heavy atom. The minimum absolute atomic E-state index is 0.213. The zero-order valence-corrected chi connectivity index (χ0v) is 17.7. The summed E-state index contributed by atoms with van der Waals surface area (Å²) in [7, 11) is 0. The fourth-order valence-electron chi connectivity index (χ4n) is 3.15. The van der Waals surface area contributed by atoms with Gasteiger partial charge in [0.25, 0.3) is 5.91 Å². The van der Waals surface area contributed by atoms with Gasteiger partial charge in [0.05, 0.1) is 0 Å². The molecule has 160 valence electrons. The van der Waals surface area contributed by atoms with E-state index >= 15 is 0 Å². The van der Waals surface area contributed by atoms with Gasteiger partial charge in [0.2, 0.25) is 5.95 Å². The van der Waals surface area contributed by atoms with Gasteiger partial charge in [-0.05, 0) is 36.1 Å². The molecule has 1 aromatic heterocycles. The summed E-state index contributed by atoms with van der Waals surface area (Å²) in [6.45, 7) is 7.95. The van der Waals surface area contributed by atoms with Crippen LogP contribution in [0.2, 0.25) is 0 Å². The van der Waals surface area contributed by atoms with E-state index in [0.717, 1.165) is 11.1 Å². The summed E-state index contributed by atoms with van der Waals surface area (Å²) in [6.07, 6.45) is 3.39. The lowest BCUT2D eigenvalue weighted by molar-refractivity contribution is -0.153. The van der Waals surface area contributed by atoms with E-state index in [0.29, 0.717) is 43.8 Å². The average Bonchev–Trinajstić information content (AvgIpc) is 2.77. The molecule has 8 nitrogen and oxygen atoms in total. The maximum Gasteiger partial charge on any atom is 0.344 e. The third-order valence-corrected chi connectivity index (χ3v) is 5.05. The van der Waals surface area contributed by atoms with Crippen LogP contribution >= 0.6 is 0 Å². The third kappa shape index (κ3) is 5.68. The fourth-order valence-corrected chi connectivity index (χ4v) is 3.15. The number of ether oxygens (including phenoxy) is 2. The Hall–Kier alpha value is -3.16. The highest BCUT2D eigenvalue weighted by molar-refractivity contribution is 5.81. The molecule has 0 radical (unpaired) electrons. The van der Waals surface area contributed by atoms with E-state index in [9.17, 15) is 9.59 Å².